The van der Waals surface area contributed by atoms with Gasteiger partial charge in [0.25, 0.3) is 15.0 Å². The van der Waals surface area contributed by atoms with E-state index in [0.29, 0.717) is 12.2 Å². The smallest absolute Gasteiger partial charge is 0.267 e. The third-order valence-electron chi connectivity index (χ3n) is 4.06. The van der Waals surface area contributed by atoms with E-state index in [1.165, 1.54) is 12.3 Å². The SMILES string of the molecule is CC1(CNC(=O)c2cc(S(=O)(=O)Cl)cn2C2CC2)CC1. The summed E-state index contributed by atoms with van der Waals surface area (Å²) in [5.74, 6) is -0.225. The van der Waals surface area contributed by atoms with Gasteiger partial charge in [-0.05, 0) is 37.2 Å². The second-order valence-electron chi connectivity index (χ2n) is 6.13. The zero-order valence-corrected chi connectivity index (χ0v) is 12.8. The van der Waals surface area contributed by atoms with Crippen LogP contribution < -0.4 is 5.32 Å². The van der Waals surface area contributed by atoms with Crippen LogP contribution in [-0.2, 0) is 9.05 Å². The van der Waals surface area contributed by atoms with Gasteiger partial charge in [0, 0.05) is 29.5 Å². The standard InChI is InChI=1S/C13H17ClN2O3S/c1-13(4-5-13)8-15-12(17)11-6-10(20(14,18)19)7-16(11)9-2-3-9/h6-7,9H,2-5,8H2,1H3,(H,15,17). The second kappa shape index (κ2) is 4.49. The van der Waals surface area contributed by atoms with Crippen LogP contribution >= 0.6 is 10.7 Å². The first-order chi connectivity index (χ1) is 9.28. The van der Waals surface area contributed by atoms with Crippen molar-refractivity contribution in [3.63, 3.8) is 0 Å². The van der Waals surface area contributed by atoms with Crippen molar-refractivity contribution in [1.82, 2.24) is 9.88 Å². The van der Waals surface area contributed by atoms with Crippen molar-refractivity contribution in [2.75, 3.05) is 6.54 Å². The summed E-state index contributed by atoms with van der Waals surface area (Å²) in [6.07, 6.45) is 5.65. The fourth-order valence-electron chi connectivity index (χ4n) is 2.20. The fraction of sp³-hybridized carbons (Fsp3) is 0.615. The molecule has 0 aromatic carbocycles. The van der Waals surface area contributed by atoms with Gasteiger partial charge in [0.1, 0.15) is 10.6 Å². The minimum Gasteiger partial charge on any atom is -0.350 e. The maximum Gasteiger partial charge on any atom is 0.267 e. The third kappa shape index (κ3) is 2.86. The van der Waals surface area contributed by atoms with Gasteiger partial charge in [-0.15, -0.1) is 0 Å². The predicted octanol–water partition coefficient (Wildman–Crippen LogP) is 2.28. The van der Waals surface area contributed by atoms with E-state index in [-0.39, 0.29) is 22.3 Å². The van der Waals surface area contributed by atoms with E-state index in [1.54, 1.807) is 4.57 Å². The van der Waals surface area contributed by atoms with Crippen LogP contribution in [0.4, 0.5) is 0 Å². The molecule has 3 rings (SSSR count). The van der Waals surface area contributed by atoms with E-state index in [0.717, 1.165) is 25.7 Å². The first kappa shape index (κ1) is 13.9. The lowest BCUT2D eigenvalue weighted by Crippen LogP contribution is -2.30. The summed E-state index contributed by atoms with van der Waals surface area (Å²) in [6.45, 7) is 2.76. The highest BCUT2D eigenvalue weighted by atomic mass is 35.7. The molecule has 1 aromatic rings. The summed E-state index contributed by atoms with van der Waals surface area (Å²) in [5.41, 5.74) is 0.601. The highest BCUT2D eigenvalue weighted by Gasteiger charge is 2.38. The molecule has 110 valence electrons. The molecule has 1 N–H and O–H groups in total. The van der Waals surface area contributed by atoms with Gasteiger partial charge in [-0.25, -0.2) is 8.42 Å². The van der Waals surface area contributed by atoms with Gasteiger partial charge in [0.05, 0.1) is 0 Å². The molecule has 1 heterocycles. The van der Waals surface area contributed by atoms with Gasteiger partial charge in [0.15, 0.2) is 0 Å². The van der Waals surface area contributed by atoms with Crippen molar-refractivity contribution in [2.45, 2.75) is 43.5 Å². The summed E-state index contributed by atoms with van der Waals surface area (Å²) in [4.78, 5) is 12.2. The Hall–Kier alpha value is -1.01. The first-order valence-corrected chi connectivity index (χ1v) is 9.04. The molecule has 2 saturated carbocycles. The van der Waals surface area contributed by atoms with Crippen LogP contribution in [0.5, 0.6) is 0 Å². The lowest BCUT2D eigenvalue weighted by atomic mass is 10.1. The van der Waals surface area contributed by atoms with E-state index in [1.807, 2.05) is 0 Å². The molecule has 0 radical (unpaired) electrons. The molecular weight excluding hydrogens is 300 g/mol. The van der Waals surface area contributed by atoms with Crippen LogP contribution in [-0.4, -0.2) is 25.4 Å². The molecule has 0 spiro atoms. The molecular formula is C13H17ClN2O3S. The van der Waals surface area contributed by atoms with E-state index >= 15 is 0 Å². The average molecular weight is 317 g/mol. The number of nitrogens with one attached hydrogen (secondary N) is 1. The Kier molecular flexibility index (Phi) is 3.14. The molecule has 7 heteroatoms. The molecule has 0 saturated heterocycles. The van der Waals surface area contributed by atoms with E-state index in [9.17, 15) is 13.2 Å². The Morgan fingerprint density at radius 3 is 2.65 bits per heavy atom. The molecule has 0 aliphatic heterocycles. The number of amides is 1. The Morgan fingerprint density at radius 1 is 1.50 bits per heavy atom. The summed E-state index contributed by atoms with van der Waals surface area (Å²) in [7, 11) is 1.56. The number of halogens is 1. The second-order valence-corrected chi connectivity index (χ2v) is 8.70. The third-order valence-corrected chi connectivity index (χ3v) is 5.38. The van der Waals surface area contributed by atoms with Crippen LogP contribution in [0.2, 0.25) is 0 Å². The summed E-state index contributed by atoms with van der Waals surface area (Å²) in [5, 5.41) is 2.89. The van der Waals surface area contributed by atoms with Gasteiger partial charge < -0.3 is 9.88 Å². The highest BCUT2D eigenvalue weighted by molar-refractivity contribution is 8.13. The van der Waals surface area contributed by atoms with Crippen LogP contribution in [0.15, 0.2) is 17.2 Å². The number of aromatic nitrogens is 1. The molecule has 5 nitrogen and oxygen atoms in total. The Morgan fingerprint density at radius 2 is 2.15 bits per heavy atom. The molecule has 2 aliphatic carbocycles. The Balaban J connectivity index is 1.83. The van der Waals surface area contributed by atoms with Crippen LogP contribution in [0.1, 0.15) is 49.1 Å². The molecule has 0 atom stereocenters. The zero-order valence-electron chi connectivity index (χ0n) is 11.2. The topological polar surface area (TPSA) is 68.2 Å². The maximum atomic E-state index is 12.2. The number of hydrogen-bond donors (Lipinski definition) is 1. The average Bonchev–Trinajstić information content (AvgIpc) is 3.27. The van der Waals surface area contributed by atoms with Crippen LogP contribution in [0.25, 0.3) is 0 Å². The van der Waals surface area contributed by atoms with Gasteiger partial charge >= 0.3 is 0 Å². The largest absolute Gasteiger partial charge is 0.350 e. The molecule has 1 aromatic heterocycles. The molecule has 1 amide bonds. The fourth-order valence-corrected chi connectivity index (χ4v) is 2.94. The summed E-state index contributed by atoms with van der Waals surface area (Å²) < 4.78 is 24.6. The van der Waals surface area contributed by atoms with Crippen molar-refractivity contribution >= 4 is 25.6 Å². The van der Waals surface area contributed by atoms with Crippen molar-refractivity contribution in [3.8, 4) is 0 Å². The number of hydrogen-bond acceptors (Lipinski definition) is 3. The van der Waals surface area contributed by atoms with Gasteiger partial charge in [-0.1, -0.05) is 6.92 Å². The molecule has 0 unspecified atom stereocenters. The van der Waals surface area contributed by atoms with Gasteiger partial charge in [0.2, 0.25) is 0 Å². The van der Waals surface area contributed by atoms with Crippen molar-refractivity contribution in [2.24, 2.45) is 5.41 Å². The maximum absolute atomic E-state index is 12.2. The summed E-state index contributed by atoms with van der Waals surface area (Å²) in [6, 6.07) is 1.59. The van der Waals surface area contributed by atoms with Crippen LogP contribution in [0, 0.1) is 5.41 Å². The van der Waals surface area contributed by atoms with Crippen molar-refractivity contribution < 1.29 is 13.2 Å². The molecule has 20 heavy (non-hydrogen) atoms. The minimum atomic E-state index is -3.80. The highest BCUT2D eigenvalue weighted by Crippen LogP contribution is 2.44. The van der Waals surface area contributed by atoms with E-state index in [4.69, 9.17) is 10.7 Å². The monoisotopic (exact) mass is 316 g/mol. The molecule has 2 aliphatic rings. The number of nitrogens with zero attached hydrogens (tertiary/aromatic N) is 1. The van der Waals surface area contributed by atoms with Gasteiger partial charge in [-0.3, -0.25) is 4.79 Å². The first-order valence-electron chi connectivity index (χ1n) is 6.73. The lowest BCUT2D eigenvalue weighted by molar-refractivity contribution is 0.0936. The lowest BCUT2D eigenvalue weighted by Gasteiger charge is -2.11. The van der Waals surface area contributed by atoms with Crippen LogP contribution in [0.3, 0.4) is 0 Å². The summed E-state index contributed by atoms with van der Waals surface area (Å²) >= 11 is 0. The zero-order chi connectivity index (χ0) is 14.5. The predicted molar refractivity (Wildman–Crippen MR) is 75.4 cm³/mol. The quantitative estimate of drug-likeness (QED) is 0.847. The van der Waals surface area contributed by atoms with E-state index < -0.39 is 9.05 Å². The Labute approximate surface area is 122 Å². The van der Waals surface area contributed by atoms with Crippen molar-refractivity contribution in [1.29, 1.82) is 0 Å². The molecule has 2 fully saturated rings. The van der Waals surface area contributed by atoms with Gasteiger partial charge in [-0.2, -0.15) is 0 Å². The molecule has 0 bridgehead atoms. The van der Waals surface area contributed by atoms with Crippen molar-refractivity contribution in [3.05, 3.63) is 18.0 Å². The Bertz CT molecular complexity index is 657. The number of carbonyl (C=O) groups is 1. The van der Waals surface area contributed by atoms with E-state index in [2.05, 4.69) is 12.2 Å². The minimum absolute atomic E-state index is 0.00569. The number of carbonyl (C=O) groups excluding carboxylic acids is 1. The number of rotatable bonds is 5. The normalized spacial score (nSPS) is 20.7.